The summed E-state index contributed by atoms with van der Waals surface area (Å²) >= 11 is -9.14. The van der Waals surface area contributed by atoms with E-state index in [9.17, 15) is 28.8 Å². The Kier molecular flexibility index (Phi) is 31.6. The van der Waals surface area contributed by atoms with Gasteiger partial charge in [0.1, 0.15) is 0 Å². The van der Waals surface area contributed by atoms with E-state index in [4.69, 9.17) is 0 Å². The molecule has 21 heteroatoms. The summed E-state index contributed by atoms with van der Waals surface area (Å²) < 4.78 is 3.58. The first-order valence-corrected chi connectivity index (χ1v) is 55.3. The van der Waals surface area contributed by atoms with Crippen LogP contribution in [-0.4, -0.2) is 87.7 Å². The quantitative estimate of drug-likeness (QED) is 0.0170. The normalized spacial score (nSPS) is 11.4. The van der Waals surface area contributed by atoms with Gasteiger partial charge in [0.05, 0.1) is 0 Å². The van der Waals surface area contributed by atoms with Crippen molar-refractivity contribution in [2.45, 2.75) is 29.4 Å². The minimum absolute atomic E-state index is 0.257. The Labute approximate surface area is 581 Å². The molecule has 0 aliphatic heterocycles. The molecule has 0 heterocycles. The molecule has 0 aliphatic rings. The van der Waals surface area contributed by atoms with Crippen molar-refractivity contribution in [2.75, 3.05) is 0 Å². The topological polar surface area (TPSA) is 175 Å². The molecule has 0 atom stereocenters. The van der Waals surface area contributed by atoms with Crippen LogP contribution in [0.1, 0.15) is 62.1 Å². The fraction of sp³-hybridized carbons (Fsp3) is 0. The molecular formula is C72H63N6O6S6Sb3. The molecule has 12 nitrogen and oxygen atoms in total. The molecule has 0 bridgehead atoms. The molecule has 7 aromatic carbocycles. The first-order chi connectivity index (χ1) is 45.3. The second-order valence-electron chi connectivity index (χ2n) is 18.6. The van der Waals surface area contributed by atoms with Gasteiger partial charge in [0.2, 0.25) is 0 Å². The monoisotopic (exact) mass is 1660 g/mol. The molecule has 468 valence electrons. The van der Waals surface area contributed by atoms with Gasteiger partial charge < -0.3 is 0 Å². The Hall–Kier alpha value is -7.21. The van der Waals surface area contributed by atoms with Crippen molar-refractivity contribution < 1.29 is 28.8 Å². The van der Waals surface area contributed by atoms with Crippen molar-refractivity contribution in [1.82, 2.24) is 31.9 Å². The Bertz CT molecular complexity index is 3350. The van der Waals surface area contributed by atoms with E-state index in [0.29, 0.717) is 33.4 Å². The average molecular weight is 1670 g/mol. The van der Waals surface area contributed by atoms with Gasteiger partial charge in [0, 0.05) is 0 Å². The molecule has 0 spiro atoms. The second kappa shape index (κ2) is 40.1. The standard InChI is InChI=1S/6C11H11NOS.C6H3.3Sb/c6*1-2-3-8-12-11(13)9-4-6-10(14)7-5-9;1-2-4-6-5-3-1;;;/h6*2-8,14H,1H2,(H,12,13);1,4-5H;;;/q;;;;;;;3*+2/p-6. The van der Waals surface area contributed by atoms with Crippen LogP contribution in [0.25, 0.3) is 0 Å². The molecule has 7 aromatic rings. The van der Waals surface area contributed by atoms with Gasteiger partial charge in [-0.15, -0.1) is 0 Å². The van der Waals surface area contributed by atoms with E-state index in [-0.39, 0.29) is 35.4 Å². The second-order valence-corrected chi connectivity index (χ2v) is 60.1. The average Bonchev–Trinajstić information content (AvgIpc) is 0.834. The summed E-state index contributed by atoms with van der Waals surface area (Å²) in [5.41, 5.74) is 2.96. The van der Waals surface area contributed by atoms with Gasteiger partial charge in [-0.25, -0.2) is 0 Å². The molecule has 0 saturated carbocycles. The molecule has 0 radical (unpaired) electrons. The first-order valence-electron chi connectivity index (χ1n) is 28.1. The third kappa shape index (κ3) is 24.3. The van der Waals surface area contributed by atoms with E-state index in [0.717, 1.165) is 29.4 Å². The molecule has 6 amide bonds. The van der Waals surface area contributed by atoms with E-state index in [1.165, 1.54) is 10.5 Å². The summed E-state index contributed by atoms with van der Waals surface area (Å²) in [4.78, 5) is 85.3. The van der Waals surface area contributed by atoms with Crippen LogP contribution in [0, 0.1) is 0 Å². The summed E-state index contributed by atoms with van der Waals surface area (Å²) in [7, 11) is 10.9. The molecule has 0 aromatic heterocycles. The summed E-state index contributed by atoms with van der Waals surface area (Å²) in [5.74, 6) is -1.54. The Morgan fingerprint density at radius 2 is 0.387 bits per heavy atom. The Morgan fingerprint density at radius 1 is 0.247 bits per heavy atom. The number of hydrogen-bond donors (Lipinski definition) is 6. The van der Waals surface area contributed by atoms with Gasteiger partial charge in [0.25, 0.3) is 0 Å². The number of carbonyl (C=O) groups excluding carboxylic acids is 6. The van der Waals surface area contributed by atoms with Crippen LogP contribution in [0.4, 0.5) is 0 Å². The number of carbonyl (C=O) groups is 6. The third-order valence-electron chi connectivity index (χ3n) is 12.0. The van der Waals surface area contributed by atoms with Crippen LogP contribution in [0.15, 0.2) is 343 Å². The van der Waals surface area contributed by atoms with Crippen molar-refractivity contribution in [1.29, 1.82) is 0 Å². The minimum atomic E-state index is -3.05. The molecular weight excluding hydrogens is 1600 g/mol. The summed E-state index contributed by atoms with van der Waals surface area (Å²) in [6, 6.07) is 53.0. The molecule has 7 rings (SSSR count). The molecule has 0 fully saturated rings. The zero-order valence-corrected chi connectivity index (χ0v) is 62.5. The van der Waals surface area contributed by atoms with Crippen LogP contribution in [0.2, 0.25) is 0 Å². The van der Waals surface area contributed by atoms with Gasteiger partial charge in [-0.2, -0.15) is 0 Å². The van der Waals surface area contributed by atoms with Crippen LogP contribution in [-0.2, 0) is 0 Å². The van der Waals surface area contributed by atoms with Gasteiger partial charge in [-0.05, 0) is 0 Å². The fourth-order valence-electron chi connectivity index (χ4n) is 7.50. The summed E-state index contributed by atoms with van der Waals surface area (Å²) in [6.45, 7) is 22.2. The van der Waals surface area contributed by atoms with E-state index in [2.05, 4.69) is 89.6 Å². The summed E-state index contributed by atoms with van der Waals surface area (Å²) in [6.07, 6.45) is 28.7. The van der Waals surface area contributed by atoms with E-state index in [1.807, 2.05) is 199 Å². The van der Waals surface area contributed by atoms with Gasteiger partial charge in [-0.1, -0.05) is 0 Å². The van der Waals surface area contributed by atoms with Crippen molar-refractivity contribution in [2.24, 2.45) is 0 Å². The van der Waals surface area contributed by atoms with E-state index in [1.54, 1.807) is 110 Å². The van der Waals surface area contributed by atoms with Crippen LogP contribution >= 0.6 is 53.1 Å². The predicted molar refractivity (Wildman–Crippen MR) is 397 cm³/mol. The fourth-order valence-corrected chi connectivity index (χ4v) is 57.2. The molecule has 0 aliphatic carbocycles. The first kappa shape index (κ1) is 73.2. The number of hydrogen-bond acceptors (Lipinski definition) is 12. The van der Waals surface area contributed by atoms with Crippen LogP contribution in [0.5, 0.6) is 0 Å². The van der Waals surface area contributed by atoms with E-state index < -0.39 is 52.2 Å². The zero-order valence-electron chi connectivity index (χ0n) is 50.0. The van der Waals surface area contributed by atoms with Crippen LogP contribution in [0.3, 0.4) is 0 Å². The Balaban J connectivity index is 1.44. The molecule has 6 N–H and O–H groups in total. The van der Waals surface area contributed by atoms with Crippen molar-refractivity contribution >= 4 is 151 Å². The van der Waals surface area contributed by atoms with Gasteiger partial charge in [0.15, 0.2) is 0 Å². The number of benzene rings is 7. The molecule has 0 unspecified atom stereocenters. The maximum absolute atomic E-state index is 13.2. The van der Waals surface area contributed by atoms with Gasteiger partial charge in [-0.3, -0.25) is 0 Å². The maximum atomic E-state index is 13.2. The number of nitrogens with one attached hydrogen (secondary N) is 6. The Morgan fingerprint density at radius 3 is 0.516 bits per heavy atom. The molecule has 93 heavy (non-hydrogen) atoms. The number of amides is 6. The zero-order chi connectivity index (χ0) is 66.2. The van der Waals surface area contributed by atoms with Crippen molar-refractivity contribution in [3.8, 4) is 0 Å². The predicted octanol–water partition coefficient (Wildman–Crippen LogP) is 14.1. The number of rotatable bonds is 33. The molecule has 0 saturated heterocycles. The van der Waals surface area contributed by atoms with E-state index >= 15 is 0 Å². The number of allylic oxidation sites excluding steroid dienone is 12. The van der Waals surface area contributed by atoms with Crippen molar-refractivity contribution in [3.05, 3.63) is 347 Å². The summed E-state index contributed by atoms with van der Waals surface area (Å²) in [5, 5.41) is 16.8. The SMILES string of the molecule is C=CC=CNC(=O)c1ccc([S][Sb]([S]c2ccc(C(=O)NC=CC=C)cc2)[c]2c[c]([Sb]([S]c3ccc(C(=O)NC=CC=C)cc3)[S]c3ccc(C(=O)NC=CC=C)cc3)c[c]([Sb]([S]c3ccc(C(=O)NC=CC=C)cc3)[S]c3ccc(C(=O)NC=CC=C)cc3)c2)cc1. The third-order valence-corrected chi connectivity index (χ3v) is 58.6. The van der Waals surface area contributed by atoms with Crippen molar-refractivity contribution in [3.63, 3.8) is 0 Å². The van der Waals surface area contributed by atoms with Gasteiger partial charge >= 0.3 is 588 Å². The van der Waals surface area contributed by atoms with Crippen LogP contribution < -0.4 is 42.4 Å².